The first-order valence-electron chi connectivity index (χ1n) is 9.31. The third-order valence-electron chi connectivity index (χ3n) is 4.66. The molecule has 1 aromatic carbocycles. The second-order valence-corrected chi connectivity index (χ2v) is 6.65. The molecule has 0 aliphatic carbocycles. The lowest BCUT2D eigenvalue weighted by molar-refractivity contribution is 0.0902. The normalized spacial score (nSPS) is 13.5. The number of aromatic nitrogens is 2. The van der Waals surface area contributed by atoms with Crippen molar-refractivity contribution in [1.82, 2.24) is 20.6 Å². The fourth-order valence-corrected chi connectivity index (χ4v) is 3.08. The van der Waals surface area contributed by atoms with Crippen molar-refractivity contribution in [2.24, 2.45) is 0 Å². The van der Waals surface area contributed by atoms with E-state index in [1.54, 1.807) is 26.0 Å². The van der Waals surface area contributed by atoms with E-state index < -0.39 is 17.9 Å². The average molecular weight is 412 g/mol. The fraction of sp³-hybridized carbons (Fsp3) is 0.300. The molecule has 0 radical (unpaired) electrons. The maximum Gasteiger partial charge on any atom is 0.274 e. The molecule has 2 N–H and O–H groups in total. The number of oxazole rings is 2. The Kier molecular flexibility index (Phi) is 5.38. The number of hydrogen-bond acceptors (Lipinski definition) is 8. The van der Waals surface area contributed by atoms with Crippen LogP contribution in [0.4, 0.5) is 0 Å². The van der Waals surface area contributed by atoms with E-state index >= 15 is 0 Å². The van der Waals surface area contributed by atoms with Crippen molar-refractivity contribution in [3.63, 3.8) is 0 Å². The van der Waals surface area contributed by atoms with E-state index in [9.17, 15) is 9.59 Å². The second kappa shape index (κ2) is 8.27. The molecule has 0 fully saturated rings. The van der Waals surface area contributed by atoms with Crippen LogP contribution in [0.3, 0.4) is 0 Å². The van der Waals surface area contributed by atoms with Gasteiger partial charge in [-0.1, -0.05) is 6.07 Å². The molecular weight excluding hydrogens is 392 g/mol. The topological polar surface area (TPSA) is 129 Å². The molecule has 0 saturated heterocycles. The van der Waals surface area contributed by atoms with Gasteiger partial charge in [-0.15, -0.1) is 0 Å². The van der Waals surface area contributed by atoms with Crippen LogP contribution in [0.5, 0.6) is 11.5 Å². The minimum absolute atomic E-state index is 0.105. The molecular formula is C20H20N4O6. The second-order valence-electron chi connectivity index (χ2n) is 6.65. The lowest BCUT2D eigenvalue weighted by atomic mass is 10.0. The maximum absolute atomic E-state index is 12.7. The van der Waals surface area contributed by atoms with E-state index in [0.717, 1.165) is 5.56 Å². The predicted molar refractivity (Wildman–Crippen MR) is 102 cm³/mol. The van der Waals surface area contributed by atoms with Gasteiger partial charge in [-0.2, -0.15) is 0 Å². The van der Waals surface area contributed by atoms with E-state index in [4.69, 9.17) is 18.3 Å². The first-order valence-corrected chi connectivity index (χ1v) is 9.31. The Bertz CT molecular complexity index is 1070. The molecule has 2 amide bonds. The number of amides is 2. The van der Waals surface area contributed by atoms with Gasteiger partial charge in [-0.25, -0.2) is 9.97 Å². The SMILES string of the molecule is Cc1ocnc1C(=O)NCC(NC(=O)c1ncoc1C)c1ccc2c(c1)OCCO2. The van der Waals surface area contributed by atoms with Gasteiger partial charge >= 0.3 is 0 Å². The molecule has 3 aromatic rings. The van der Waals surface area contributed by atoms with Crippen LogP contribution in [-0.4, -0.2) is 41.5 Å². The molecule has 4 rings (SSSR count). The first-order chi connectivity index (χ1) is 14.5. The van der Waals surface area contributed by atoms with Crippen molar-refractivity contribution in [2.45, 2.75) is 19.9 Å². The van der Waals surface area contributed by atoms with Crippen molar-refractivity contribution in [1.29, 1.82) is 0 Å². The van der Waals surface area contributed by atoms with Gasteiger partial charge in [0, 0.05) is 6.54 Å². The third-order valence-corrected chi connectivity index (χ3v) is 4.66. The van der Waals surface area contributed by atoms with Crippen molar-refractivity contribution < 1.29 is 27.9 Å². The van der Waals surface area contributed by atoms with Crippen LogP contribution in [0.15, 0.2) is 39.8 Å². The molecule has 156 valence electrons. The average Bonchev–Trinajstić information content (AvgIpc) is 3.38. The first kappa shape index (κ1) is 19.5. The molecule has 1 atom stereocenters. The number of rotatable bonds is 6. The van der Waals surface area contributed by atoms with Gasteiger partial charge in [0.1, 0.15) is 24.7 Å². The number of benzene rings is 1. The van der Waals surface area contributed by atoms with E-state index in [1.807, 2.05) is 6.07 Å². The monoisotopic (exact) mass is 412 g/mol. The zero-order chi connectivity index (χ0) is 21.1. The summed E-state index contributed by atoms with van der Waals surface area (Å²) in [4.78, 5) is 33.0. The summed E-state index contributed by atoms with van der Waals surface area (Å²) >= 11 is 0. The highest BCUT2D eigenvalue weighted by molar-refractivity contribution is 5.94. The van der Waals surface area contributed by atoms with Crippen LogP contribution in [0.25, 0.3) is 0 Å². The summed E-state index contributed by atoms with van der Waals surface area (Å²) in [5.74, 6) is 1.18. The Morgan fingerprint density at radius 1 is 0.967 bits per heavy atom. The van der Waals surface area contributed by atoms with Gasteiger partial charge in [0.15, 0.2) is 35.7 Å². The molecule has 30 heavy (non-hydrogen) atoms. The molecule has 0 bridgehead atoms. The Balaban J connectivity index is 1.56. The number of aryl methyl sites for hydroxylation is 2. The van der Waals surface area contributed by atoms with Gasteiger partial charge in [0.05, 0.1) is 6.04 Å². The highest BCUT2D eigenvalue weighted by atomic mass is 16.6. The molecule has 3 heterocycles. The fourth-order valence-electron chi connectivity index (χ4n) is 3.08. The van der Waals surface area contributed by atoms with Gasteiger partial charge < -0.3 is 28.9 Å². The van der Waals surface area contributed by atoms with Gasteiger partial charge in [-0.3, -0.25) is 9.59 Å². The summed E-state index contributed by atoms with van der Waals surface area (Å²) in [7, 11) is 0. The summed E-state index contributed by atoms with van der Waals surface area (Å²) in [5, 5.41) is 5.66. The number of ether oxygens (including phenoxy) is 2. The summed E-state index contributed by atoms with van der Waals surface area (Å²) in [6, 6.07) is 4.79. The quantitative estimate of drug-likeness (QED) is 0.629. The number of carbonyl (C=O) groups is 2. The van der Waals surface area contributed by atoms with Crippen molar-refractivity contribution >= 4 is 11.8 Å². The Morgan fingerprint density at radius 3 is 2.23 bits per heavy atom. The largest absolute Gasteiger partial charge is 0.486 e. The van der Waals surface area contributed by atoms with Crippen molar-refractivity contribution in [3.8, 4) is 11.5 Å². The van der Waals surface area contributed by atoms with Crippen LogP contribution in [0.2, 0.25) is 0 Å². The molecule has 1 unspecified atom stereocenters. The highest BCUT2D eigenvalue weighted by Gasteiger charge is 2.23. The third kappa shape index (κ3) is 3.97. The number of hydrogen-bond donors (Lipinski definition) is 2. The summed E-state index contributed by atoms with van der Waals surface area (Å²) in [6.07, 6.45) is 2.41. The van der Waals surface area contributed by atoms with E-state index in [0.29, 0.717) is 36.2 Å². The summed E-state index contributed by atoms with van der Waals surface area (Å²) in [5.41, 5.74) is 1.09. The van der Waals surface area contributed by atoms with Crippen LogP contribution >= 0.6 is 0 Å². The molecule has 10 heteroatoms. The number of nitrogens with one attached hydrogen (secondary N) is 2. The summed E-state index contributed by atoms with van der Waals surface area (Å²) < 4.78 is 21.4. The molecule has 2 aromatic heterocycles. The Hall–Kier alpha value is -3.82. The molecule has 1 aliphatic heterocycles. The molecule has 0 spiro atoms. The standard InChI is InChI=1S/C20H20N4O6/c1-11-17(22-9-29-11)19(25)21-8-14(24-20(26)18-12(2)30-10-23-18)13-3-4-15-16(7-13)28-6-5-27-15/h3-4,7,9-10,14H,5-6,8H2,1-2H3,(H,21,25)(H,24,26). The van der Waals surface area contributed by atoms with Crippen LogP contribution in [-0.2, 0) is 0 Å². The smallest absolute Gasteiger partial charge is 0.274 e. The minimum atomic E-state index is -0.569. The maximum atomic E-state index is 12.7. The van der Waals surface area contributed by atoms with E-state index in [1.165, 1.54) is 12.8 Å². The Morgan fingerprint density at radius 2 is 1.60 bits per heavy atom. The van der Waals surface area contributed by atoms with E-state index in [-0.39, 0.29) is 17.9 Å². The van der Waals surface area contributed by atoms with E-state index in [2.05, 4.69) is 20.6 Å². The Labute approximate surface area is 171 Å². The molecule has 1 aliphatic rings. The van der Waals surface area contributed by atoms with Gasteiger partial charge in [0.25, 0.3) is 11.8 Å². The number of nitrogens with zero attached hydrogens (tertiary/aromatic N) is 2. The van der Waals surface area contributed by atoms with Crippen molar-refractivity contribution in [3.05, 3.63) is 59.5 Å². The van der Waals surface area contributed by atoms with Gasteiger partial charge in [0.2, 0.25) is 0 Å². The lowest BCUT2D eigenvalue weighted by Crippen LogP contribution is -2.38. The van der Waals surface area contributed by atoms with Crippen molar-refractivity contribution in [2.75, 3.05) is 19.8 Å². The van der Waals surface area contributed by atoms with Gasteiger partial charge in [-0.05, 0) is 31.5 Å². The zero-order valence-electron chi connectivity index (χ0n) is 16.4. The zero-order valence-corrected chi connectivity index (χ0v) is 16.4. The molecule has 0 saturated carbocycles. The van der Waals surface area contributed by atoms with Crippen LogP contribution in [0.1, 0.15) is 44.1 Å². The van der Waals surface area contributed by atoms with Crippen LogP contribution in [0, 0.1) is 13.8 Å². The predicted octanol–water partition coefficient (Wildman–Crippen LogP) is 1.95. The lowest BCUT2D eigenvalue weighted by Gasteiger charge is -2.23. The molecule has 10 nitrogen and oxygen atoms in total. The number of carbonyl (C=O) groups excluding carboxylic acids is 2. The number of fused-ring (bicyclic) bond motifs is 1. The minimum Gasteiger partial charge on any atom is -0.486 e. The summed E-state index contributed by atoms with van der Waals surface area (Å²) in [6.45, 7) is 4.32. The highest BCUT2D eigenvalue weighted by Crippen LogP contribution is 2.32. The van der Waals surface area contributed by atoms with Crippen LogP contribution < -0.4 is 20.1 Å².